The Balaban J connectivity index is 2.13. The fourth-order valence-electron chi connectivity index (χ4n) is 1.64. The molecule has 0 atom stereocenters. The van der Waals surface area contributed by atoms with E-state index in [4.69, 9.17) is 20.9 Å². The average Bonchev–Trinajstić information content (AvgIpc) is 2.27. The lowest BCUT2D eigenvalue weighted by atomic mass is 10.2. The molecule has 2 aromatic rings. The van der Waals surface area contributed by atoms with Gasteiger partial charge >= 0.3 is 0 Å². The first kappa shape index (κ1) is 8.91. The van der Waals surface area contributed by atoms with Crippen LogP contribution in [-0.4, -0.2) is 0 Å². The van der Waals surface area contributed by atoms with Gasteiger partial charge in [0.15, 0.2) is 23.0 Å². The highest BCUT2D eigenvalue weighted by Gasteiger charge is 2.20. The Kier molecular flexibility index (Phi) is 1.71. The maximum atomic E-state index is 5.80. The SMILES string of the molecule is Nc1ccc2c(c1)Oc1cccc(N)c1O2. The third-order valence-electron chi connectivity index (χ3n) is 2.41. The van der Waals surface area contributed by atoms with Crippen molar-refractivity contribution in [3.63, 3.8) is 0 Å². The maximum Gasteiger partial charge on any atom is 0.192 e. The molecule has 0 saturated carbocycles. The predicted molar refractivity (Wildman–Crippen MR) is 61.9 cm³/mol. The Morgan fingerprint density at radius 1 is 0.812 bits per heavy atom. The standard InChI is InChI=1S/C12H10N2O2/c13-7-4-5-9-11(6-7)15-10-3-1-2-8(14)12(10)16-9/h1-6H,13-14H2. The lowest BCUT2D eigenvalue weighted by molar-refractivity contribution is 0.361. The molecular weight excluding hydrogens is 204 g/mol. The highest BCUT2D eigenvalue weighted by molar-refractivity contribution is 5.67. The molecule has 0 aromatic heterocycles. The summed E-state index contributed by atoms with van der Waals surface area (Å²) in [5.41, 5.74) is 12.7. The van der Waals surface area contributed by atoms with E-state index in [0.717, 1.165) is 0 Å². The van der Waals surface area contributed by atoms with E-state index in [9.17, 15) is 0 Å². The van der Waals surface area contributed by atoms with Gasteiger partial charge in [-0.2, -0.15) is 0 Å². The molecular formula is C12H10N2O2. The van der Waals surface area contributed by atoms with E-state index in [1.807, 2.05) is 6.07 Å². The van der Waals surface area contributed by atoms with E-state index < -0.39 is 0 Å². The summed E-state index contributed by atoms with van der Waals surface area (Å²) in [7, 11) is 0. The van der Waals surface area contributed by atoms with E-state index in [-0.39, 0.29) is 0 Å². The van der Waals surface area contributed by atoms with Gasteiger partial charge in [-0.3, -0.25) is 0 Å². The van der Waals surface area contributed by atoms with Gasteiger partial charge in [-0.25, -0.2) is 0 Å². The van der Waals surface area contributed by atoms with Crippen LogP contribution in [0.3, 0.4) is 0 Å². The first-order valence-electron chi connectivity index (χ1n) is 4.88. The number of ether oxygens (including phenoxy) is 2. The van der Waals surface area contributed by atoms with Gasteiger partial charge in [-0.15, -0.1) is 0 Å². The van der Waals surface area contributed by atoms with E-state index in [2.05, 4.69) is 0 Å². The van der Waals surface area contributed by atoms with Crippen molar-refractivity contribution in [3.8, 4) is 23.0 Å². The van der Waals surface area contributed by atoms with Crippen molar-refractivity contribution in [3.05, 3.63) is 36.4 Å². The van der Waals surface area contributed by atoms with Gasteiger partial charge in [0.25, 0.3) is 0 Å². The molecule has 80 valence electrons. The Bertz CT molecular complexity index is 567. The third kappa shape index (κ3) is 1.24. The molecule has 0 spiro atoms. The number of hydrogen-bond donors (Lipinski definition) is 2. The second-order valence-electron chi connectivity index (χ2n) is 3.58. The van der Waals surface area contributed by atoms with Gasteiger partial charge in [-0.05, 0) is 24.3 Å². The van der Waals surface area contributed by atoms with Gasteiger partial charge in [0.2, 0.25) is 0 Å². The molecule has 16 heavy (non-hydrogen) atoms. The van der Waals surface area contributed by atoms with Crippen molar-refractivity contribution in [1.29, 1.82) is 0 Å². The molecule has 1 aliphatic heterocycles. The summed E-state index contributed by atoms with van der Waals surface area (Å²) < 4.78 is 11.3. The monoisotopic (exact) mass is 214 g/mol. The quantitative estimate of drug-likeness (QED) is 0.564. The second kappa shape index (κ2) is 3.06. The minimum atomic E-state index is 0.555. The van der Waals surface area contributed by atoms with Crippen molar-refractivity contribution in [1.82, 2.24) is 0 Å². The Morgan fingerprint density at radius 2 is 1.69 bits per heavy atom. The number of rotatable bonds is 0. The van der Waals surface area contributed by atoms with E-state index in [1.165, 1.54) is 0 Å². The van der Waals surface area contributed by atoms with Crippen molar-refractivity contribution in [2.24, 2.45) is 0 Å². The average molecular weight is 214 g/mol. The fraction of sp³-hybridized carbons (Fsp3) is 0. The van der Waals surface area contributed by atoms with Crippen molar-refractivity contribution in [2.75, 3.05) is 11.5 Å². The molecule has 4 nitrogen and oxygen atoms in total. The van der Waals surface area contributed by atoms with Crippen LogP contribution in [0.15, 0.2) is 36.4 Å². The number of anilines is 2. The minimum absolute atomic E-state index is 0.555. The van der Waals surface area contributed by atoms with Gasteiger partial charge < -0.3 is 20.9 Å². The van der Waals surface area contributed by atoms with Crippen molar-refractivity contribution < 1.29 is 9.47 Å². The zero-order valence-electron chi connectivity index (χ0n) is 8.44. The largest absolute Gasteiger partial charge is 0.449 e. The molecule has 1 heterocycles. The van der Waals surface area contributed by atoms with Gasteiger partial charge in [0.1, 0.15) is 0 Å². The maximum absolute atomic E-state index is 5.80. The zero-order chi connectivity index (χ0) is 11.1. The Labute approximate surface area is 92.4 Å². The summed E-state index contributed by atoms with van der Waals surface area (Å²) in [6, 6.07) is 10.6. The van der Waals surface area contributed by atoms with Gasteiger partial charge in [-0.1, -0.05) is 6.07 Å². The summed E-state index contributed by atoms with van der Waals surface area (Å²) in [4.78, 5) is 0. The molecule has 0 amide bonds. The molecule has 0 fully saturated rings. The highest BCUT2D eigenvalue weighted by Crippen LogP contribution is 2.48. The molecule has 0 unspecified atom stereocenters. The zero-order valence-corrected chi connectivity index (χ0v) is 8.44. The lowest BCUT2D eigenvalue weighted by Crippen LogP contribution is -2.02. The van der Waals surface area contributed by atoms with Crippen LogP contribution < -0.4 is 20.9 Å². The van der Waals surface area contributed by atoms with Crippen LogP contribution >= 0.6 is 0 Å². The van der Waals surface area contributed by atoms with Crippen LogP contribution in [0.4, 0.5) is 11.4 Å². The van der Waals surface area contributed by atoms with Crippen LogP contribution in [0, 0.1) is 0 Å². The fourth-order valence-corrected chi connectivity index (χ4v) is 1.64. The number of nitrogen functional groups attached to an aromatic ring is 2. The number of para-hydroxylation sites is 1. The Morgan fingerprint density at radius 3 is 2.56 bits per heavy atom. The molecule has 2 aromatic carbocycles. The summed E-state index contributed by atoms with van der Waals surface area (Å²) in [5.74, 6) is 2.40. The molecule has 4 N–H and O–H groups in total. The molecule has 1 aliphatic rings. The molecule has 4 heteroatoms. The Hall–Kier alpha value is -2.36. The summed E-state index contributed by atoms with van der Waals surface area (Å²) >= 11 is 0. The molecule has 3 rings (SSSR count). The van der Waals surface area contributed by atoms with E-state index in [1.54, 1.807) is 30.3 Å². The third-order valence-corrected chi connectivity index (χ3v) is 2.41. The van der Waals surface area contributed by atoms with E-state index >= 15 is 0 Å². The number of hydrogen-bond acceptors (Lipinski definition) is 4. The van der Waals surface area contributed by atoms with Gasteiger partial charge in [0, 0.05) is 11.8 Å². The normalized spacial score (nSPS) is 12.0. The first-order chi connectivity index (χ1) is 7.74. The highest BCUT2D eigenvalue weighted by atomic mass is 16.6. The smallest absolute Gasteiger partial charge is 0.192 e. The lowest BCUT2D eigenvalue weighted by Gasteiger charge is -2.21. The van der Waals surface area contributed by atoms with Gasteiger partial charge in [0.05, 0.1) is 5.69 Å². The molecule has 0 saturated heterocycles. The van der Waals surface area contributed by atoms with Crippen LogP contribution in [0.5, 0.6) is 23.0 Å². The van der Waals surface area contributed by atoms with Crippen LogP contribution in [0.1, 0.15) is 0 Å². The molecule has 0 bridgehead atoms. The van der Waals surface area contributed by atoms with Crippen LogP contribution in [0.2, 0.25) is 0 Å². The van der Waals surface area contributed by atoms with Crippen LogP contribution in [-0.2, 0) is 0 Å². The minimum Gasteiger partial charge on any atom is -0.449 e. The number of nitrogens with two attached hydrogens (primary N) is 2. The van der Waals surface area contributed by atoms with E-state index in [0.29, 0.717) is 34.4 Å². The summed E-state index contributed by atoms with van der Waals surface area (Å²) in [6.07, 6.45) is 0. The molecule has 0 radical (unpaired) electrons. The topological polar surface area (TPSA) is 70.5 Å². The summed E-state index contributed by atoms with van der Waals surface area (Å²) in [6.45, 7) is 0. The second-order valence-corrected chi connectivity index (χ2v) is 3.58. The van der Waals surface area contributed by atoms with Crippen molar-refractivity contribution >= 4 is 11.4 Å². The number of benzene rings is 2. The van der Waals surface area contributed by atoms with Crippen LogP contribution in [0.25, 0.3) is 0 Å². The molecule has 0 aliphatic carbocycles. The number of fused-ring (bicyclic) bond motifs is 2. The predicted octanol–water partition coefficient (Wildman–Crippen LogP) is 2.75. The summed E-state index contributed by atoms with van der Waals surface area (Å²) in [5, 5.41) is 0. The first-order valence-corrected chi connectivity index (χ1v) is 4.88. The van der Waals surface area contributed by atoms with Crippen molar-refractivity contribution in [2.45, 2.75) is 0 Å².